The van der Waals surface area contributed by atoms with Crippen LogP contribution in [0.1, 0.15) is 132 Å². The van der Waals surface area contributed by atoms with Gasteiger partial charge in [-0.1, -0.05) is 131 Å². The summed E-state index contributed by atoms with van der Waals surface area (Å²) in [6.45, 7) is 53.5. The molecule has 1 saturated heterocycles. The van der Waals surface area contributed by atoms with Crippen LogP contribution in [-0.4, -0.2) is 29.4 Å². The lowest BCUT2D eigenvalue weighted by Gasteiger charge is -2.88. The molecule has 5 heteroatoms. The molecule has 0 aliphatic carbocycles. The molecule has 0 bridgehead atoms. The summed E-state index contributed by atoms with van der Waals surface area (Å²) in [4.78, 5) is 0. The van der Waals surface area contributed by atoms with Crippen LogP contribution in [0.4, 0.5) is 0 Å². The number of allylic oxidation sites excluding steroid dienone is 1. The lowest BCUT2D eigenvalue weighted by molar-refractivity contribution is 0.394. The molecular formula is C27H59OSi4. The summed E-state index contributed by atoms with van der Waals surface area (Å²) in [5.74, 6) is 0.984. The van der Waals surface area contributed by atoms with Crippen molar-refractivity contribution < 1.29 is 4.43 Å². The fraction of sp³-hybridized carbons (Fsp3) is 0.926. The highest BCUT2D eigenvalue weighted by Gasteiger charge is 2.97. The van der Waals surface area contributed by atoms with Crippen LogP contribution in [0.15, 0.2) is 12.3 Å². The third kappa shape index (κ3) is 3.52. The molecule has 0 atom stereocenters. The van der Waals surface area contributed by atoms with E-state index in [9.17, 15) is 0 Å². The zero-order valence-corrected chi connectivity index (χ0v) is 29.6. The minimum Gasteiger partial charge on any atom is -0.553 e. The summed E-state index contributed by atoms with van der Waals surface area (Å²) in [7, 11) is -7.15. The topological polar surface area (TPSA) is 9.23 Å². The van der Waals surface area contributed by atoms with E-state index < -0.39 is 29.4 Å². The molecule has 0 spiro atoms. The average molecular weight is 512 g/mol. The Labute approximate surface area is 207 Å². The Bertz CT molecular complexity index is 657. The zero-order valence-electron chi connectivity index (χ0n) is 25.6. The standard InChI is InChI=1S/C27H59OSi4/c1-21(2)28-32(27(18,19)20)30(23(6,7)8,24(9,10)11)29(22(3,4)5)31(32,25(12,13)14)26(15,16)17/h1H2,2-20H3. The van der Waals surface area contributed by atoms with Crippen LogP contribution >= 0.6 is 0 Å². The molecule has 1 nitrogen and oxygen atoms in total. The minimum absolute atomic E-state index is 0.172. The molecular weight excluding hydrogens is 453 g/mol. The van der Waals surface area contributed by atoms with E-state index >= 15 is 0 Å². The molecule has 1 radical (unpaired) electrons. The van der Waals surface area contributed by atoms with Crippen molar-refractivity contribution in [2.45, 2.75) is 162 Å². The van der Waals surface area contributed by atoms with Crippen molar-refractivity contribution in [3.8, 4) is 0 Å². The average Bonchev–Trinajstić information content (AvgIpc) is 2.33. The fourth-order valence-corrected chi connectivity index (χ4v) is 154. The lowest BCUT2D eigenvalue weighted by Crippen LogP contribution is -3.11. The van der Waals surface area contributed by atoms with E-state index in [-0.39, 0.29) is 25.2 Å². The molecule has 32 heavy (non-hydrogen) atoms. The third-order valence-electron chi connectivity index (χ3n) is 8.44. The second kappa shape index (κ2) is 7.70. The van der Waals surface area contributed by atoms with E-state index in [2.05, 4.69) is 138 Å². The van der Waals surface area contributed by atoms with Crippen molar-refractivity contribution in [3.05, 3.63) is 12.3 Å². The van der Waals surface area contributed by atoms with Crippen molar-refractivity contribution in [2.24, 2.45) is 0 Å². The van der Waals surface area contributed by atoms with E-state index in [0.29, 0.717) is 5.04 Å². The van der Waals surface area contributed by atoms with Gasteiger partial charge < -0.3 is 4.43 Å². The predicted octanol–water partition coefficient (Wildman–Crippen LogP) is 10.0. The van der Waals surface area contributed by atoms with Gasteiger partial charge in [-0.05, 0) is 37.2 Å². The number of hydrogen-bond donors (Lipinski definition) is 0. The largest absolute Gasteiger partial charge is 0.553 e. The highest BCUT2D eigenvalue weighted by atomic mass is 30.2. The molecule has 0 aromatic carbocycles. The molecule has 1 rings (SSSR count). The predicted molar refractivity (Wildman–Crippen MR) is 157 cm³/mol. The smallest absolute Gasteiger partial charge is 0.222 e. The fourth-order valence-electron chi connectivity index (χ4n) is 9.53. The maximum Gasteiger partial charge on any atom is 0.222 e. The van der Waals surface area contributed by atoms with Crippen molar-refractivity contribution in [1.82, 2.24) is 0 Å². The van der Waals surface area contributed by atoms with E-state index in [0.717, 1.165) is 5.76 Å². The van der Waals surface area contributed by atoms with Crippen molar-refractivity contribution in [3.63, 3.8) is 0 Å². The van der Waals surface area contributed by atoms with E-state index in [1.165, 1.54) is 0 Å². The molecule has 1 fully saturated rings. The summed E-state index contributed by atoms with van der Waals surface area (Å²) in [6, 6.07) is 0. The van der Waals surface area contributed by atoms with Gasteiger partial charge in [-0.3, -0.25) is 0 Å². The van der Waals surface area contributed by atoms with Crippen LogP contribution in [0, 0.1) is 0 Å². The van der Waals surface area contributed by atoms with Gasteiger partial charge in [-0.15, -0.1) is 0 Å². The van der Waals surface area contributed by atoms with E-state index in [1.807, 2.05) is 0 Å². The van der Waals surface area contributed by atoms with Crippen molar-refractivity contribution in [1.29, 1.82) is 0 Å². The maximum atomic E-state index is 7.70. The minimum atomic E-state index is -2.36. The van der Waals surface area contributed by atoms with E-state index in [1.54, 1.807) is 0 Å². The first-order valence-corrected chi connectivity index (χ1v) is 24.2. The van der Waals surface area contributed by atoms with Crippen molar-refractivity contribution in [2.75, 3.05) is 0 Å². The van der Waals surface area contributed by atoms with Gasteiger partial charge in [0.2, 0.25) is 7.35 Å². The Morgan fingerprint density at radius 3 is 0.906 bits per heavy atom. The van der Waals surface area contributed by atoms with E-state index in [4.69, 9.17) is 4.43 Å². The molecule has 189 valence electrons. The first kappa shape index (κ1) is 30.4. The molecule has 0 saturated carbocycles. The van der Waals surface area contributed by atoms with Gasteiger partial charge in [-0.2, -0.15) is 0 Å². The van der Waals surface area contributed by atoms with Crippen LogP contribution in [0.5, 0.6) is 0 Å². The maximum absolute atomic E-state index is 7.70. The first-order valence-electron chi connectivity index (χ1n) is 12.8. The van der Waals surface area contributed by atoms with Crippen molar-refractivity contribution >= 4 is 29.4 Å². The summed E-state index contributed by atoms with van der Waals surface area (Å²) < 4.78 is 7.70. The lowest BCUT2D eigenvalue weighted by atomic mass is 10.2. The van der Waals surface area contributed by atoms with Crippen LogP contribution in [0.3, 0.4) is 0 Å². The highest BCUT2D eigenvalue weighted by Crippen LogP contribution is 2.81. The molecule has 0 unspecified atom stereocenters. The van der Waals surface area contributed by atoms with Gasteiger partial charge in [0, 0.05) is 7.83 Å². The Morgan fingerprint density at radius 2 is 0.781 bits per heavy atom. The molecule has 0 N–H and O–H groups in total. The van der Waals surface area contributed by atoms with Crippen LogP contribution in [-0.2, 0) is 4.43 Å². The normalized spacial score (nSPS) is 22.3. The second-order valence-electron chi connectivity index (χ2n) is 16.9. The molecule has 1 aliphatic heterocycles. The summed E-state index contributed by atoms with van der Waals surface area (Å²) in [5.41, 5.74) is 0. The zero-order chi connectivity index (χ0) is 26.4. The van der Waals surface area contributed by atoms with Gasteiger partial charge in [0.15, 0.2) is 0 Å². The molecule has 1 aliphatic rings. The Balaban J connectivity index is 4.74. The number of hydrogen-bond acceptors (Lipinski definition) is 1. The van der Waals surface area contributed by atoms with Gasteiger partial charge in [0.05, 0.1) is 20.0 Å². The molecule has 1 heterocycles. The quantitative estimate of drug-likeness (QED) is 0.264. The molecule has 0 aromatic heterocycles. The second-order valence-corrected chi connectivity index (χ2v) is 53.4. The SMILES string of the molecule is C=C(C)O[Si]1(C(C)(C)C)[Si](C(C)(C)C)(C(C)(C)C)[Si](C(C)(C)C)[Si]1(C(C)(C)C)C(C)(C)C. The summed E-state index contributed by atoms with van der Waals surface area (Å²) in [5, 5.41) is 1.67. The van der Waals surface area contributed by atoms with Crippen LogP contribution < -0.4 is 0 Å². The van der Waals surface area contributed by atoms with Crippen LogP contribution in [0.2, 0.25) is 30.2 Å². The Morgan fingerprint density at radius 1 is 0.531 bits per heavy atom. The molecule has 0 amide bonds. The van der Waals surface area contributed by atoms with Gasteiger partial charge in [0.1, 0.15) is 0 Å². The Kier molecular flexibility index (Phi) is 7.33. The third-order valence-corrected chi connectivity index (χ3v) is 97.1. The first-order chi connectivity index (χ1) is 13.5. The summed E-state index contributed by atoms with van der Waals surface area (Å²) >= 11 is 0. The monoisotopic (exact) mass is 511 g/mol. The summed E-state index contributed by atoms with van der Waals surface area (Å²) in [6.07, 6.45) is 0. The highest BCUT2D eigenvalue weighted by molar-refractivity contribution is 8.11. The van der Waals surface area contributed by atoms with Gasteiger partial charge in [-0.25, -0.2) is 0 Å². The van der Waals surface area contributed by atoms with Gasteiger partial charge >= 0.3 is 0 Å². The molecule has 0 aromatic rings. The van der Waals surface area contributed by atoms with Gasteiger partial charge in [0.25, 0.3) is 0 Å². The Hall–Kier alpha value is 0.408. The number of rotatable bonds is 2. The van der Waals surface area contributed by atoms with Crippen LogP contribution in [0.25, 0.3) is 0 Å².